The number of amides is 1. The molecule has 0 saturated carbocycles. The molecule has 2 aromatic rings. The van der Waals surface area contributed by atoms with Crippen LogP contribution >= 0.6 is 24.2 Å². The first-order valence-corrected chi connectivity index (χ1v) is 9.76. The molecule has 2 N–H and O–H groups in total. The fourth-order valence-corrected chi connectivity index (χ4v) is 4.37. The summed E-state index contributed by atoms with van der Waals surface area (Å²) in [6, 6.07) is 16.2. The summed E-state index contributed by atoms with van der Waals surface area (Å²) in [5.74, 6) is -0.186. The maximum atomic E-state index is 13.4. The third-order valence-electron chi connectivity index (χ3n) is 5.02. The summed E-state index contributed by atoms with van der Waals surface area (Å²) < 4.78 is 13.2. The molecule has 1 fully saturated rings. The number of piperidine rings is 1. The Bertz CT molecular complexity index is 755. The highest BCUT2D eigenvalue weighted by Gasteiger charge is 2.37. The number of likely N-dealkylation sites (tertiary alicyclic amines) is 1. The van der Waals surface area contributed by atoms with Gasteiger partial charge in [-0.05, 0) is 41.7 Å². The molecule has 0 radical (unpaired) electrons. The van der Waals surface area contributed by atoms with Gasteiger partial charge in [0.2, 0.25) is 5.91 Å². The van der Waals surface area contributed by atoms with Crippen molar-refractivity contribution in [3.8, 4) is 0 Å². The van der Waals surface area contributed by atoms with E-state index in [0.717, 1.165) is 16.9 Å². The third-order valence-corrected chi connectivity index (χ3v) is 6.27. The van der Waals surface area contributed by atoms with Crippen LogP contribution in [0.2, 0.25) is 0 Å². The Morgan fingerprint density at radius 2 is 1.81 bits per heavy atom. The molecule has 0 aliphatic carbocycles. The van der Waals surface area contributed by atoms with Crippen molar-refractivity contribution in [2.24, 2.45) is 11.1 Å². The first kappa shape index (κ1) is 21.7. The molecule has 1 amide bonds. The van der Waals surface area contributed by atoms with Crippen LogP contribution in [-0.2, 0) is 4.79 Å². The van der Waals surface area contributed by atoms with E-state index in [1.54, 1.807) is 12.1 Å². The zero-order valence-corrected chi connectivity index (χ0v) is 17.2. The largest absolute Gasteiger partial charge is 0.341 e. The first-order chi connectivity index (χ1) is 12.4. The molecule has 27 heavy (non-hydrogen) atoms. The molecule has 3 nitrogen and oxygen atoms in total. The first-order valence-electron chi connectivity index (χ1n) is 8.88. The van der Waals surface area contributed by atoms with Gasteiger partial charge >= 0.3 is 0 Å². The van der Waals surface area contributed by atoms with E-state index in [1.165, 1.54) is 23.9 Å². The van der Waals surface area contributed by atoms with E-state index in [0.29, 0.717) is 13.1 Å². The summed E-state index contributed by atoms with van der Waals surface area (Å²) in [7, 11) is 0. The van der Waals surface area contributed by atoms with Crippen LogP contribution in [0.15, 0.2) is 59.5 Å². The van der Waals surface area contributed by atoms with Gasteiger partial charge in [0.25, 0.3) is 0 Å². The lowest BCUT2D eigenvalue weighted by molar-refractivity contribution is -0.134. The van der Waals surface area contributed by atoms with Crippen molar-refractivity contribution in [3.05, 3.63) is 66.0 Å². The molecule has 1 aliphatic rings. The SMILES string of the molecule is CC1(C)CN(C(=O)C(Sc2ccc(F)cc2)c2ccccc2)CCC1N.Cl. The highest BCUT2D eigenvalue weighted by molar-refractivity contribution is 8.00. The molecular weight excluding hydrogens is 383 g/mol. The normalized spacial score (nSPS) is 19.9. The third kappa shape index (κ3) is 5.24. The zero-order valence-electron chi connectivity index (χ0n) is 15.6. The van der Waals surface area contributed by atoms with Crippen molar-refractivity contribution in [1.82, 2.24) is 4.90 Å². The Morgan fingerprint density at radius 3 is 2.41 bits per heavy atom. The van der Waals surface area contributed by atoms with E-state index < -0.39 is 0 Å². The van der Waals surface area contributed by atoms with E-state index in [-0.39, 0.29) is 40.8 Å². The smallest absolute Gasteiger partial charge is 0.240 e. The lowest BCUT2D eigenvalue weighted by atomic mass is 9.79. The number of thioether (sulfide) groups is 1. The van der Waals surface area contributed by atoms with E-state index in [9.17, 15) is 9.18 Å². The molecule has 1 aliphatic heterocycles. The Kier molecular flexibility index (Phi) is 7.32. The van der Waals surface area contributed by atoms with Gasteiger partial charge in [0.05, 0.1) is 0 Å². The summed E-state index contributed by atoms with van der Waals surface area (Å²) in [5.41, 5.74) is 7.08. The molecule has 2 atom stereocenters. The number of benzene rings is 2. The minimum absolute atomic E-state index is 0. The fourth-order valence-electron chi connectivity index (χ4n) is 3.27. The molecule has 2 unspecified atom stereocenters. The summed E-state index contributed by atoms with van der Waals surface area (Å²) >= 11 is 1.46. The highest BCUT2D eigenvalue weighted by Crippen LogP contribution is 2.38. The highest BCUT2D eigenvalue weighted by atomic mass is 35.5. The van der Waals surface area contributed by atoms with Gasteiger partial charge in [-0.2, -0.15) is 0 Å². The monoisotopic (exact) mass is 408 g/mol. The van der Waals surface area contributed by atoms with E-state index in [4.69, 9.17) is 5.73 Å². The molecule has 0 aromatic heterocycles. The van der Waals surface area contributed by atoms with E-state index in [1.807, 2.05) is 35.2 Å². The fraction of sp³-hybridized carbons (Fsp3) is 0.381. The minimum atomic E-state index is -0.355. The van der Waals surface area contributed by atoms with Gasteiger partial charge in [-0.3, -0.25) is 4.79 Å². The lowest BCUT2D eigenvalue weighted by Crippen LogP contribution is -2.54. The Balaban J connectivity index is 0.00000261. The van der Waals surface area contributed by atoms with Crippen LogP contribution in [0.25, 0.3) is 0 Å². The molecule has 6 heteroatoms. The summed E-state index contributed by atoms with van der Waals surface area (Å²) in [4.78, 5) is 16.2. The zero-order chi connectivity index (χ0) is 18.7. The minimum Gasteiger partial charge on any atom is -0.341 e. The van der Waals surface area contributed by atoms with Crippen molar-refractivity contribution >= 4 is 30.1 Å². The molecular formula is C21H26ClFN2OS. The molecule has 2 aromatic carbocycles. The lowest BCUT2D eigenvalue weighted by Gasteiger charge is -2.43. The molecule has 0 bridgehead atoms. The predicted molar refractivity (Wildman–Crippen MR) is 112 cm³/mol. The number of rotatable bonds is 4. The van der Waals surface area contributed by atoms with Crippen molar-refractivity contribution in [3.63, 3.8) is 0 Å². The standard InChI is InChI=1S/C21H25FN2OS.ClH/c1-21(2)14-24(13-12-18(21)23)20(25)19(15-6-4-3-5-7-15)26-17-10-8-16(22)9-11-17;/h3-11,18-19H,12-14,23H2,1-2H3;1H. The average molecular weight is 409 g/mol. The Morgan fingerprint density at radius 1 is 1.19 bits per heavy atom. The molecule has 146 valence electrons. The summed E-state index contributed by atoms with van der Waals surface area (Å²) in [6.45, 7) is 5.56. The number of carbonyl (C=O) groups is 1. The van der Waals surface area contributed by atoms with E-state index in [2.05, 4.69) is 13.8 Å². The van der Waals surface area contributed by atoms with Gasteiger partial charge in [-0.25, -0.2) is 4.39 Å². The van der Waals surface area contributed by atoms with Crippen LogP contribution in [0.3, 0.4) is 0 Å². The van der Waals surface area contributed by atoms with Gasteiger partial charge in [0.15, 0.2) is 0 Å². The second-order valence-corrected chi connectivity index (χ2v) is 8.68. The number of carbonyl (C=O) groups excluding carboxylic acids is 1. The van der Waals surface area contributed by atoms with Crippen LogP contribution in [0, 0.1) is 11.2 Å². The maximum absolute atomic E-state index is 13.4. The van der Waals surface area contributed by atoms with E-state index >= 15 is 0 Å². The second kappa shape index (κ2) is 9.09. The van der Waals surface area contributed by atoms with Crippen molar-refractivity contribution < 1.29 is 9.18 Å². The van der Waals surface area contributed by atoms with Crippen molar-refractivity contribution in [2.75, 3.05) is 13.1 Å². The van der Waals surface area contributed by atoms with Crippen LogP contribution in [0.4, 0.5) is 4.39 Å². The molecule has 0 spiro atoms. The van der Waals surface area contributed by atoms with Crippen LogP contribution in [0.5, 0.6) is 0 Å². The second-order valence-electron chi connectivity index (χ2n) is 7.51. The number of hydrogen-bond donors (Lipinski definition) is 1. The summed E-state index contributed by atoms with van der Waals surface area (Å²) in [6.07, 6.45) is 0.807. The van der Waals surface area contributed by atoms with Crippen LogP contribution in [-0.4, -0.2) is 29.9 Å². The molecule has 3 rings (SSSR count). The number of hydrogen-bond acceptors (Lipinski definition) is 3. The van der Waals surface area contributed by atoms with Crippen LogP contribution < -0.4 is 5.73 Å². The number of nitrogens with zero attached hydrogens (tertiary/aromatic N) is 1. The predicted octanol–water partition coefficient (Wildman–Crippen LogP) is 4.67. The quantitative estimate of drug-likeness (QED) is 0.748. The summed E-state index contributed by atoms with van der Waals surface area (Å²) in [5, 5.41) is -0.355. The van der Waals surface area contributed by atoms with Crippen LogP contribution in [0.1, 0.15) is 31.1 Å². The van der Waals surface area contributed by atoms with Gasteiger partial charge in [-0.1, -0.05) is 44.2 Å². The van der Waals surface area contributed by atoms with Gasteiger partial charge < -0.3 is 10.6 Å². The van der Waals surface area contributed by atoms with Crippen molar-refractivity contribution in [1.29, 1.82) is 0 Å². The Labute approximate surface area is 170 Å². The average Bonchev–Trinajstić information content (AvgIpc) is 2.63. The maximum Gasteiger partial charge on any atom is 0.240 e. The van der Waals surface area contributed by atoms with Crippen molar-refractivity contribution in [2.45, 2.75) is 36.5 Å². The topological polar surface area (TPSA) is 46.3 Å². The number of nitrogens with two attached hydrogens (primary N) is 1. The molecule has 1 heterocycles. The van der Waals surface area contributed by atoms with Gasteiger partial charge in [-0.15, -0.1) is 24.2 Å². The van der Waals surface area contributed by atoms with Gasteiger partial charge in [0.1, 0.15) is 11.1 Å². The Hall–Kier alpha value is -1.56. The number of halogens is 2. The van der Waals surface area contributed by atoms with Gasteiger partial charge in [0, 0.05) is 24.0 Å². The molecule has 1 saturated heterocycles.